The Kier molecular flexibility index (Phi) is 5.16. The summed E-state index contributed by atoms with van der Waals surface area (Å²) in [5.74, 6) is 0.960. The van der Waals surface area contributed by atoms with E-state index >= 15 is 0 Å². The van der Waals surface area contributed by atoms with E-state index in [1.54, 1.807) is 0 Å². The van der Waals surface area contributed by atoms with Gasteiger partial charge in [0, 0.05) is 40.8 Å². The zero-order valence-corrected chi connectivity index (χ0v) is 12.2. The van der Waals surface area contributed by atoms with E-state index in [1.807, 2.05) is 32.2 Å². The summed E-state index contributed by atoms with van der Waals surface area (Å²) in [4.78, 5) is 6.37. The molecule has 5 nitrogen and oxygen atoms in total. The zero-order valence-electron chi connectivity index (χ0n) is 12.2. The smallest absolute Gasteiger partial charge is 0.204 e. The maximum Gasteiger partial charge on any atom is 0.204 e. The van der Waals surface area contributed by atoms with Crippen LogP contribution in [0.3, 0.4) is 0 Å². The lowest BCUT2D eigenvalue weighted by molar-refractivity contribution is 0.207. The van der Waals surface area contributed by atoms with Crippen molar-refractivity contribution in [2.24, 2.45) is 12.5 Å². The molecule has 0 aliphatic rings. The number of nitrogens with zero attached hydrogens (tertiary/aromatic N) is 3. The van der Waals surface area contributed by atoms with Gasteiger partial charge < -0.3 is 19.9 Å². The second-order valence-electron chi connectivity index (χ2n) is 5.74. The van der Waals surface area contributed by atoms with Crippen LogP contribution in [0.5, 0.6) is 0 Å². The van der Waals surface area contributed by atoms with Gasteiger partial charge in [0.15, 0.2) is 0 Å². The minimum absolute atomic E-state index is 0.123. The van der Waals surface area contributed by atoms with Crippen molar-refractivity contribution in [2.45, 2.75) is 26.8 Å². The average molecular weight is 254 g/mol. The van der Waals surface area contributed by atoms with Gasteiger partial charge in [0.1, 0.15) is 0 Å². The summed E-state index contributed by atoms with van der Waals surface area (Å²) < 4.78 is 2.09. The third kappa shape index (κ3) is 3.99. The minimum atomic E-state index is 0.123. The van der Waals surface area contributed by atoms with Crippen molar-refractivity contribution in [1.82, 2.24) is 14.9 Å². The van der Waals surface area contributed by atoms with Crippen molar-refractivity contribution >= 4 is 5.95 Å². The summed E-state index contributed by atoms with van der Waals surface area (Å²) >= 11 is 0. The van der Waals surface area contributed by atoms with Crippen molar-refractivity contribution in [3.05, 3.63) is 11.9 Å². The highest BCUT2D eigenvalue weighted by atomic mass is 16.3. The highest BCUT2D eigenvalue weighted by molar-refractivity contribution is 5.30. The average Bonchev–Trinajstić information content (AvgIpc) is 2.60. The normalized spacial score (nSPS) is 11.9. The summed E-state index contributed by atoms with van der Waals surface area (Å²) in [5.41, 5.74) is 1.29. The lowest BCUT2D eigenvalue weighted by atomic mass is 9.90. The number of nitrogens with one attached hydrogen (secondary N) is 1. The molecule has 1 aromatic heterocycles. The molecule has 0 saturated carbocycles. The van der Waals surface area contributed by atoms with Crippen molar-refractivity contribution < 1.29 is 5.11 Å². The van der Waals surface area contributed by atoms with Gasteiger partial charge in [-0.25, -0.2) is 4.98 Å². The molecule has 1 heterocycles. The van der Waals surface area contributed by atoms with Crippen molar-refractivity contribution in [2.75, 3.05) is 32.1 Å². The van der Waals surface area contributed by atoms with Crippen molar-refractivity contribution in [3.63, 3.8) is 0 Å². The van der Waals surface area contributed by atoms with Crippen LogP contribution in [0.2, 0.25) is 0 Å². The Balaban J connectivity index is 2.49. The maximum absolute atomic E-state index is 8.98. The fraction of sp³-hybridized carbons (Fsp3) is 0.769. The molecule has 0 amide bonds. The Bertz CT molecular complexity index is 371. The standard InChI is InChI=1S/C13H26N4O/c1-13(2,6-7-18)10-14-8-11-9-15-12(16(3)4)17(11)5/h9,14,18H,6-8,10H2,1-5H3. The Morgan fingerprint density at radius 2 is 2.11 bits per heavy atom. The Morgan fingerprint density at radius 3 is 2.61 bits per heavy atom. The molecule has 5 heteroatoms. The fourth-order valence-corrected chi connectivity index (χ4v) is 1.93. The molecular weight excluding hydrogens is 228 g/mol. The lowest BCUT2D eigenvalue weighted by Gasteiger charge is -2.24. The van der Waals surface area contributed by atoms with E-state index in [0.29, 0.717) is 0 Å². The number of aromatic nitrogens is 2. The maximum atomic E-state index is 8.98. The Hall–Kier alpha value is -1.07. The van der Waals surface area contributed by atoms with Gasteiger partial charge in [-0.15, -0.1) is 0 Å². The highest BCUT2D eigenvalue weighted by Gasteiger charge is 2.16. The second kappa shape index (κ2) is 6.20. The monoisotopic (exact) mass is 254 g/mol. The van der Waals surface area contributed by atoms with Crippen LogP contribution >= 0.6 is 0 Å². The van der Waals surface area contributed by atoms with Crippen LogP contribution in [0.4, 0.5) is 5.95 Å². The first-order chi connectivity index (χ1) is 8.37. The molecule has 0 saturated heterocycles. The van der Waals surface area contributed by atoms with Crippen molar-refractivity contribution in [1.29, 1.82) is 0 Å². The van der Waals surface area contributed by atoms with Crippen molar-refractivity contribution in [3.8, 4) is 0 Å². The van der Waals surface area contributed by atoms with Gasteiger partial charge in [-0.3, -0.25) is 0 Å². The molecule has 18 heavy (non-hydrogen) atoms. The third-order valence-corrected chi connectivity index (χ3v) is 3.16. The van der Waals surface area contributed by atoms with Crippen LogP contribution in [0, 0.1) is 5.41 Å². The second-order valence-corrected chi connectivity index (χ2v) is 5.74. The lowest BCUT2D eigenvalue weighted by Crippen LogP contribution is -2.30. The van der Waals surface area contributed by atoms with Gasteiger partial charge in [0.2, 0.25) is 5.95 Å². The van der Waals surface area contributed by atoms with Crippen LogP contribution in [-0.4, -0.2) is 41.9 Å². The van der Waals surface area contributed by atoms with Crippen LogP contribution in [0.1, 0.15) is 26.0 Å². The van der Waals surface area contributed by atoms with Crippen LogP contribution in [0.25, 0.3) is 0 Å². The molecule has 0 unspecified atom stereocenters. The van der Waals surface area contributed by atoms with Gasteiger partial charge >= 0.3 is 0 Å². The fourth-order valence-electron chi connectivity index (χ4n) is 1.93. The Labute approximate surface area is 110 Å². The van der Waals surface area contributed by atoms with Crippen LogP contribution in [-0.2, 0) is 13.6 Å². The number of rotatable bonds is 7. The van der Waals surface area contributed by atoms with Gasteiger partial charge in [-0.1, -0.05) is 13.8 Å². The van der Waals surface area contributed by atoms with Gasteiger partial charge in [0.25, 0.3) is 0 Å². The molecule has 1 aromatic rings. The quantitative estimate of drug-likeness (QED) is 0.762. The molecule has 0 spiro atoms. The number of hydrogen-bond donors (Lipinski definition) is 2. The molecule has 0 radical (unpaired) electrons. The van der Waals surface area contributed by atoms with E-state index in [2.05, 4.69) is 28.7 Å². The molecule has 0 aromatic carbocycles. The molecule has 0 aliphatic heterocycles. The molecular formula is C13H26N4O. The number of aliphatic hydroxyl groups excluding tert-OH is 1. The topological polar surface area (TPSA) is 53.3 Å². The number of imidazole rings is 1. The molecule has 0 fully saturated rings. The first-order valence-electron chi connectivity index (χ1n) is 6.37. The number of aliphatic hydroxyl groups is 1. The van der Waals surface area contributed by atoms with Gasteiger partial charge in [-0.05, 0) is 11.8 Å². The van der Waals surface area contributed by atoms with E-state index in [1.165, 1.54) is 5.69 Å². The van der Waals surface area contributed by atoms with E-state index in [4.69, 9.17) is 5.11 Å². The van der Waals surface area contributed by atoms with Crippen LogP contribution < -0.4 is 10.2 Å². The molecule has 0 aliphatic carbocycles. The summed E-state index contributed by atoms with van der Waals surface area (Å²) in [6.45, 7) is 6.24. The molecule has 1 rings (SSSR count). The van der Waals surface area contributed by atoms with E-state index < -0.39 is 0 Å². The third-order valence-electron chi connectivity index (χ3n) is 3.16. The molecule has 0 atom stereocenters. The number of anilines is 1. The summed E-state index contributed by atoms with van der Waals surface area (Å²) in [7, 11) is 6.01. The van der Waals surface area contributed by atoms with Crippen LogP contribution in [0.15, 0.2) is 6.20 Å². The van der Waals surface area contributed by atoms with E-state index in [9.17, 15) is 0 Å². The predicted molar refractivity (Wildman–Crippen MR) is 74.7 cm³/mol. The summed E-state index contributed by atoms with van der Waals surface area (Å²) in [6, 6.07) is 0. The van der Waals surface area contributed by atoms with Gasteiger partial charge in [0.05, 0.1) is 11.9 Å². The first kappa shape index (κ1) is 15.0. The predicted octanol–water partition coefficient (Wildman–Crippen LogP) is 0.984. The summed E-state index contributed by atoms with van der Waals surface area (Å²) in [5, 5.41) is 12.4. The molecule has 2 N–H and O–H groups in total. The SMILES string of the molecule is CN(C)c1ncc(CNCC(C)(C)CCO)n1C. The highest BCUT2D eigenvalue weighted by Crippen LogP contribution is 2.18. The van der Waals surface area contributed by atoms with E-state index in [0.717, 1.165) is 25.5 Å². The first-order valence-corrected chi connectivity index (χ1v) is 6.37. The molecule has 0 bridgehead atoms. The zero-order chi connectivity index (χ0) is 13.8. The summed E-state index contributed by atoms with van der Waals surface area (Å²) in [6.07, 6.45) is 2.72. The minimum Gasteiger partial charge on any atom is -0.396 e. The largest absolute Gasteiger partial charge is 0.396 e. The number of hydrogen-bond acceptors (Lipinski definition) is 4. The van der Waals surface area contributed by atoms with E-state index in [-0.39, 0.29) is 12.0 Å². The molecule has 104 valence electrons. The van der Waals surface area contributed by atoms with Gasteiger partial charge in [-0.2, -0.15) is 0 Å². The Morgan fingerprint density at radius 1 is 1.44 bits per heavy atom.